The highest BCUT2D eigenvalue weighted by Gasteiger charge is 2.30. The van der Waals surface area contributed by atoms with E-state index in [2.05, 4.69) is 51.6 Å². The Hall–Kier alpha value is -1.76. The average Bonchev–Trinajstić information content (AvgIpc) is 3.11. The SMILES string of the molecule is C[C@H](NC(=O)c1ccncc1)[C@@H](c1cccs1)N1CCN(C)CC1. The predicted molar refractivity (Wildman–Crippen MR) is 97.3 cm³/mol. The number of carbonyl (C=O) groups excluding carboxylic acids is 1. The molecule has 2 aromatic rings. The number of carbonyl (C=O) groups is 1. The molecule has 5 nitrogen and oxygen atoms in total. The van der Waals surface area contributed by atoms with Gasteiger partial charge in [-0.3, -0.25) is 14.7 Å². The first-order chi connectivity index (χ1) is 11.6. The maximum atomic E-state index is 12.5. The van der Waals surface area contributed by atoms with E-state index in [9.17, 15) is 4.79 Å². The smallest absolute Gasteiger partial charge is 0.251 e. The number of nitrogens with one attached hydrogen (secondary N) is 1. The average molecular weight is 344 g/mol. The minimum Gasteiger partial charge on any atom is -0.348 e. The van der Waals surface area contributed by atoms with Crippen molar-refractivity contribution in [1.82, 2.24) is 20.1 Å². The van der Waals surface area contributed by atoms with Gasteiger partial charge in [0.2, 0.25) is 0 Å². The minimum atomic E-state index is -0.0411. The highest BCUT2D eigenvalue weighted by Crippen LogP contribution is 2.29. The molecule has 1 N–H and O–H groups in total. The van der Waals surface area contributed by atoms with Crippen LogP contribution < -0.4 is 5.32 Å². The highest BCUT2D eigenvalue weighted by atomic mass is 32.1. The number of likely N-dealkylation sites (N-methyl/N-ethyl adjacent to an activating group) is 1. The van der Waals surface area contributed by atoms with E-state index in [-0.39, 0.29) is 18.0 Å². The molecule has 1 fully saturated rings. The van der Waals surface area contributed by atoms with Crippen molar-refractivity contribution in [1.29, 1.82) is 0 Å². The van der Waals surface area contributed by atoms with Crippen molar-refractivity contribution in [2.45, 2.75) is 19.0 Å². The van der Waals surface area contributed by atoms with Crippen LogP contribution in [0.2, 0.25) is 0 Å². The number of aromatic nitrogens is 1. The number of pyridine rings is 1. The summed E-state index contributed by atoms with van der Waals surface area (Å²) in [7, 11) is 2.16. The second kappa shape index (κ2) is 7.88. The first kappa shape index (κ1) is 17.1. The maximum absolute atomic E-state index is 12.5. The Labute approximate surface area is 147 Å². The molecular weight excluding hydrogens is 320 g/mol. The van der Waals surface area contributed by atoms with Crippen molar-refractivity contribution in [3.05, 3.63) is 52.5 Å². The third-order valence-electron chi connectivity index (χ3n) is 4.54. The van der Waals surface area contributed by atoms with Crippen molar-refractivity contribution < 1.29 is 4.79 Å². The highest BCUT2D eigenvalue weighted by molar-refractivity contribution is 7.10. The standard InChI is InChI=1S/C18H24N4OS/c1-14(20-18(23)15-5-7-19-8-6-15)17(16-4-3-13-24-16)22-11-9-21(2)10-12-22/h3-8,13-14,17H,9-12H2,1-2H3,(H,20,23)/t14-,17-/m0/s1. The molecule has 128 valence electrons. The molecule has 2 atom stereocenters. The largest absolute Gasteiger partial charge is 0.348 e. The van der Waals surface area contributed by atoms with E-state index in [0.29, 0.717) is 5.56 Å². The lowest BCUT2D eigenvalue weighted by molar-refractivity contribution is 0.0799. The molecule has 0 saturated carbocycles. The fourth-order valence-electron chi connectivity index (χ4n) is 3.17. The molecule has 2 aromatic heterocycles. The molecule has 0 aliphatic carbocycles. The predicted octanol–water partition coefficient (Wildman–Crippen LogP) is 2.25. The number of piperazine rings is 1. The second-order valence-electron chi connectivity index (χ2n) is 6.30. The summed E-state index contributed by atoms with van der Waals surface area (Å²) in [5.41, 5.74) is 0.653. The van der Waals surface area contributed by atoms with Gasteiger partial charge in [0.1, 0.15) is 0 Å². The molecule has 1 amide bonds. The van der Waals surface area contributed by atoms with Gasteiger partial charge in [0.05, 0.1) is 6.04 Å². The van der Waals surface area contributed by atoms with E-state index in [4.69, 9.17) is 0 Å². The molecule has 1 saturated heterocycles. The molecule has 6 heteroatoms. The van der Waals surface area contributed by atoms with Crippen molar-refractivity contribution in [2.24, 2.45) is 0 Å². The number of amides is 1. The summed E-state index contributed by atoms with van der Waals surface area (Å²) in [6, 6.07) is 8.00. The Morgan fingerprint density at radius 3 is 2.54 bits per heavy atom. The topological polar surface area (TPSA) is 48.5 Å². The van der Waals surface area contributed by atoms with Gasteiger partial charge in [-0.2, -0.15) is 0 Å². The van der Waals surface area contributed by atoms with E-state index < -0.39 is 0 Å². The molecular formula is C18H24N4OS. The lowest BCUT2D eigenvalue weighted by Gasteiger charge is -2.40. The summed E-state index contributed by atoms with van der Waals surface area (Å²) in [5, 5.41) is 5.28. The fraction of sp³-hybridized carbons (Fsp3) is 0.444. The van der Waals surface area contributed by atoms with E-state index in [1.807, 2.05) is 0 Å². The van der Waals surface area contributed by atoms with Gasteiger partial charge in [-0.1, -0.05) is 6.07 Å². The van der Waals surface area contributed by atoms with Gasteiger partial charge in [0.15, 0.2) is 0 Å². The zero-order chi connectivity index (χ0) is 16.9. The van der Waals surface area contributed by atoms with Gasteiger partial charge in [0.25, 0.3) is 5.91 Å². The van der Waals surface area contributed by atoms with Crippen LogP contribution in [0.4, 0.5) is 0 Å². The van der Waals surface area contributed by atoms with E-state index >= 15 is 0 Å². The minimum absolute atomic E-state index is 0.0349. The molecule has 1 aliphatic rings. The van der Waals surface area contributed by atoms with Crippen LogP contribution in [0.15, 0.2) is 42.0 Å². The maximum Gasteiger partial charge on any atom is 0.251 e. The van der Waals surface area contributed by atoms with Crippen LogP contribution in [-0.2, 0) is 0 Å². The van der Waals surface area contributed by atoms with Gasteiger partial charge in [-0.25, -0.2) is 0 Å². The summed E-state index contributed by atoms with van der Waals surface area (Å²) < 4.78 is 0. The van der Waals surface area contributed by atoms with Crippen molar-refractivity contribution >= 4 is 17.2 Å². The zero-order valence-electron chi connectivity index (χ0n) is 14.2. The van der Waals surface area contributed by atoms with Crippen molar-refractivity contribution in [2.75, 3.05) is 33.2 Å². The number of thiophene rings is 1. The number of nitrogens with zero attached hydrogens (tertiary/aromatic N) is 3. The van der Waals surface area contributed by atoms with Gasteiger partial charge >= 0.3 is 0 Å². The van der Waals surface area contributed by atoms with Gasteiger partial charge in [-0.05, 0) is 37.6 Å². The molecule has 3 heterocycles. The summed E-state index contributed by atoms with van der Waals surface area (Å²) >= 11 is 1.76. The number of hydrogen-bond acceptors (Lipinski definition) is 5. The normalized spacial score (nSPS) is 18.9. The molecule has 0 unspecified atom stereocenters. The molecule has 0 radical (unpaired) electrons. The van der Waals surface area contributed by atoms with Crippen LogP contribution in [0.5, 0.6) is 0 Å². The first-order valence-electron chi connectivity index (χ1n) is 8.32. The van der Waals surface area contributed by atoms with E-state index in [1.165, 1.54) is 4.88 Å². The second-order valence-corrected chi connectivity index (χ2v) is 7.28. The first-order valence-corrected chi connectivity index (χ1v) is 9.20. The van der Waals surface area contributed by atoms with Gasteiger partial charge in [-0.15, -0.1) is 11.3 Å². The molecule has 0 spiro atoms. The van der Waals surface area contributed by atoms with Crippen molar-refractivity contribution in [3.63, 3.8) is 0 Å². The van der Waals surface area contributed by atoms with Crippen LogP contribution in [0.1, 0.15) is 28.2 Å². The summed E-state index contributed by atoms with van der Waals surface area (Å²) in [6.07, 6.45) is 3.30. The molecule has 24 heavy (non-hydrogen) atoms. The van der Waals surface area contributed by atoms with E-state index in [1.54, 1.807) is 35.9 Å². The van der Waals surface area contributed by atoms with E-state index in [0.717, 1.165) is 26.2 Å². The molecule has 0 bridgehead atoms. The summed E-state index contributed by atoms with van der Waals surface area (Å²) in [5.74, 6) is -0.0411. The molecule has 1 aliphatic heterocycles. The van der Waals surface area contributed by atoms with Crippen LogP contribution in [0.25, 0.3) is 0 Å². The Kier molecular flexibility index (Phi) is 5.60. The quantitative estimate of drug-likeness (QED) is 0.904. The van der Waals surface area contributed by atoms with Crippen LogP contribution >= 0.6 is 11.3 Å². The fourth-order valence-corrected chi connectivity index (χ4v) is 4.14. The lowest BCUT2D eigenvalue weighted by atomic mass is 10.0. The van der Waals surface area contributed by atoms with Crippen LogP contribution in [0.3, 0.4) is 0 Å². The summed E-state index contributed by atoms with van der Waals surface area (Å²) in [4.78, 5) is 22.6. The zero-order valence-corrected chi connectivity index (χ0v) is 15.0. The third-order valence-corrected chi connectivity index (χ3v) is 5.48. The number of hydrogen-bond donors (Lipinski definition) is 1. The van der Waals surface area contributed by atoms with Crippen molar-refractivity contribution in [3.8, 4) is 0 Å². The van der Waals surface area contributed by atoms with Crippen LogP contribution in [-0.4, -0.2) is 60.0 Å². The summed E-state index contributed by atoms with van der Waals surface area (Å²) in [6.45, 7) is 6.27. The Bertz CT molecular complexity index is 638. The third kappa shape index (κ3) is 4.01. The Morgan fingerprint density at radius 2 is 1.92 bits per heavy atom. The van der Waals surface area contributed by atoms with Gasteiger partial charge in [0, 0.05) is 55.1 Å². The Balaban J connectivity index is 1.74. The molecule has 0 aromatic carbocycles. The Morgan fingerprint density at radius 1 is 1.21 bits per heavy atom. The molecule has 3 rings (SSSR count). The monoisotopic (exact) mass is 344 g/mol. The van der Waals surface area contributed by atoms with Gasteiger partial charge < -0.3 is 10.2 Å². The lowest BCUT2D eigenvalue weighted by Crippen LogP contribution is -2.51. The van der Waals surface area contributed by atoms with Crippen LogP contribution in [0, 0.1) is 0 Å². The number of rotatable bonds is 5.